The highest BCUT2D eigenvalue weighted by Gasteiger charge is 2.37. The molecule has 1 aromatic carbocycles. The number of aryl methyl sites for hydroxylation is 1. The average molecular weight is 267 g/mol. The number of imide groups is 1. The first-order chi connectivity index (χ1) is 9.63. The Kier molecular flexibility index (Phi) is 2.84. The lowest BCUT2D eigenvalue weighted by Crippen LogP contribution is -2.30. The normalized spacial score (nSPS) is 13.8. The summed E-state index contributed by atoms with van der Waals surface area (Å²) < 4.78 is 0. The van der Waals surface area contributed by atoms with Crippen LogP contribution in [0.3, 0.4) is 0 Å². The van der Waals surface area contributed by atoms with E-state index in [4.69, 9.17) is 5.73 Å². The molecule has 0 aliphatic carbocycles. The van der Waals surface area contributed by atoms with Gasteiger partial charge >= 0.3 is 0 Å². The summed E-state index contributed by atoms with van der Waals surface area (Å²) in [6, 6.07) is 7.10. The Morgan fingerprint density at radius 2 is 1.90 bits per heavy atom. The lowest BCUT2D eigenvalue weighted by atomic mass is 10.1. The van der Waals surface area contributed by atoms with Crippen molar-refractivity contribution in [1.29, 1.82) is 0 Å². The zero-order valence-electron chi connectivity index (χ0n) is 11.0. The van der Waals surface area contributed by atoms with Gasteiger partial charge in [-0.3, -0.25) is 14.6 Å². The highest BCUT2D eigenvalue weighted by Crippen LogP contribution is 2.30. The van der Waals surface area contributed by atoms with Gasteiger partial charge in [0.1, 0.15) is 0 Å². The molecule has 2 amide bonds. The largest absolute Gasteiger partial charge is 0.326 e. The Morgan fingerprint density at radius 3 is 2.60 bits per heavy atom. The first-order valence-corrected chi connectivity index (χ1v) is 6.26. The van der Waals surface area contributed by atoms with Crippen LogP contribution >= 0.6 is 0 Å². The molecule has 100 valence electrons. The molecule has 20 heavy (non-hydrogen) atoms. The monoisotopic (exact) mass is 267 g/mol. The molecule has 5 heteroatoms. The van der Waals surface area contributed by atoms with E-state index in [2.05, 4.69) is 4.98 Å². The molecular weight excluding hydrogens is 254 g/mol. The van der Waals surface area contributed by atoms with Crippen molar-refractivity contribution in [2.75, 3.05) is 4.90 Å². The molecule has 3 rings (SSSR count). The molecule has 2 heterocycles. The van der Waals surface area contributed by atoms with Gasteiger partial charge < -0.3 is 5.73 Å². The first kappa shape index (κ1) is 12.5. The lowest BCUT2D eigenvalue weighted by molar-refractivity contribution is 0.0926. The van der Waals surface area contributed by atoms with Gasteiger partial charge in [0.15, 0.2) is 0 Å². The second-order valence-corrected chi connectivity index (χ2v) is 4.69. The van der Waals surface area contributed by atoms with Crippen molar-refractivity contribution in [3.63, 3.8) is 0 Å². The van der Waals surface area contributed by atoms with Gasteiger partial charge in [0.2, 0.25) is 0 Å². The standard InChI is InChI=1S/C15H13N3O2/c1-9-2-3-10(7-16)6-13(9)18-14(19)11-4-5-17-8-12(11)15(18)20/h2-6,8H,7,16H2,1H3. The van der Waals surface area contributed by atoms with Crippen molar-refractivity contribution < 1.29 is 9.59 Å². The topological polar surface area (TPSA) is 76.3 Å². The van der Waals surface area contributed by atoms with Gasteiger partial charge in [0.05, 0.1) is 16.8 Å². The van der Waals surface area contributed by atoms with Crippen LogP contribution in [0.15, 0.2) is 36.7 Å². The number of hydrogen-bond acceptors (Lipinski definition) is 4. The number of nitrogens with zero attached hydrogens (tertiary/aromatic N) is 2. The summed E-state index contributed by atoms with van der Waals surface area (Å²) in [7, 11) is 0. The van der Waals surface area contributed by atoms with Crippen LogP contribution in [0, 0.1) is 6.92 Å². The number of hydrogen-bond donors (Lipinski definition) is 1. The van der Waals surface area contributed by atoms with Crippen molar-refractivity contribution >= 4 is 17.5 Å². The Hall–Kier alpha value is -2.53. The Bertz CT molecular complexity index is 690. The van der Waals surface area contributed by atoms with Crippen LogP contribution in [0.25, 0.3) is 0 Å². The predicted octanol–water partition coefficient (Wildman–Crippen LogP) is 1.65. The third-order valence-electron chi connectivity index (χ3n) is 3.44. The summed E-state index contributed by atoms with van der Waals surface area (Å²) in [5.74, 6) is -0.653. The van der Waals surface area contributed by atoms with E-state index in [0.29, 0.717) is 23.4 Å². The van der Waals surface area contributed by atoms with E-state index in [1.165, 1.54) is 17.3 Å². The molecule has 0 radical (unpaired) electrons. The molecule has 0 unspecified atom stereocenters. The summed E-state index contributed by atoms with van der Waals surface area (Å²) >= 11 is 0. The number of rotatable bonds is 2. The van der Waals surface area contributed by atoms with Crippen LogP contribution in [0.1, 0.15) is 31.8 Å². The van der Waals surface area contributed by atoms with Crippen molar-refractivity contribution in [2.45, 2.75) is 13.5 Å². The predicted molar refractivity (Wildman–Crippen MR) is 74.4 cm³/mol. The van der Waals surface area contributed by atoms with Gasteiger partial charge in [0, 0.05) is 18.9 Å². The van der Waals surface area contributed by atoms with Crippen LogP contribution in [-0.4, -0.2) is 16.8 Å². The molecule has 0 saturated heterocycles. The van der Waals surface area contributed by atoms with E-state index in [-0.39, 0.29) is 11.8 Å². The maximum Gasteiger partial charge on any atom is 0.267 e. The third kappa shape index (κ3) is 1.71. The van der Waals surface area contributed by atoms with Crippen LogP contribution in [0.2, 0.25) is 0 Å². The number of nitrogens with two attached hydrogens (primary N) is 1. The van der Waals surface area contributed by atoms with Crippen molar-refractivity contribution in [3.8, 4) is 0 Å². The molecule has 1 aromatic heterocycles. The summed E-state index contributed by atoms with van der Waals surface area (Å²) in [6.07, 6.45) is 2.94. The van der Waals surface area contributed by atoms with Gasteiger partial charge in [-0.05, 0) is 30.2 Å². The zero-order chi connectivity index (χ0) is 14.3. The highest BCUT2D eigenvalue weighted by atomic mass is 16.2. The molecular formula is C15H13N3O2. The van der Waals surface area contributed by atoms with Crippen LogP contribution in [-0.2, 0) is 6.54 Å². The van der Waals surface area contributed by atoms with E-state index in [1.807, 2.05) is 19.1 Å². The summed E-state index contributed by atoms with van der Waals surface area (Å²) in [6.45, 7) is 2.22. The minimum atomic E-state index is -0.338. The second kappa shape index (κ2) is 4.54. The summed E-state index contributed by atoms with van der Waals surface area (Å²) in [4.78, 5) is 29.9. The van der Waals surface area contributed by atoms with Gasteiger partial charge in [-0.2, -0.15) is 0 Å². The van der Waals surface area contributed by atoms with Crippen molar-refractivity contribution in [2.24, 2.45) is 5.73 Å². The Balaban J connectivity index is 2.14. The fourth-order valence-corrected chi connectivity index (χ4v) is 2.33. The number of fused-ring (bicyclic) bond motifs is 1. The smallest absolute Gasteiger partial charge is 0.267 e. The molecule has 5 nitrogen and oxygen atoms in total. The van der Waals surface area contributed by atoms with E-state index in [0.717, 1.165) is 11.1 Å². The number of carbonyl (C=O) groups is 2. The Morgan fingerprint density at radius 1 is 1.15 bits per heavy atom. The van der Waals surface area contributed by atoms with Crippen molar-refractivity contribution in [3.05, 3.63) is 58.9 Å². The number of benzene rings is 1. The number of aromatic nitrogens is 1. The SMILES string of the molecule is Cc1ccc(CN)cc1N1C(=O)c2ccncc2C1=O. The summed E-state index contributed by atoms with van der Waals surface area (Å²) in [5.41, 5.74) is 8.67. The number of pyridine rings is 1. The molecule has 0 fully saturated rings. The number of carbonyl (C=O) groups excluding carboxylic acids is 2. The second-order valence-electron chi connectivity index (χ2n) is 4.69. The molecule has 1 aliphatic heterocycles. The fourth-order valence-electron chi connectivity index (χ4n) is 2.33. The Labute approximate surface area is 116 Å². The van der Waals surface area contributed by atoms with E-state index in [9.17, 15) is 9.59 Å². The minimum absolute atomic E-state index is 0.315. The molecule has 0 bridgehead atoms. The first-order valence-electron chi connectivity index (χ1n) is 6.26. The van der Waals surface area contributed by atoms with Gasteiger partial charge in [0.25, 0.3) is 11.8 Å². The van der Waals surface area contributed by atoms with Crippen LogP contribution < -0.4 is 10.6 Å². The number of amides is 2. The van der Waals surface area contributed by atoms with Crippen LogP contribution in [0.4, 0.5) is 5.69 Å². The van der Waals surface area contributed by atoms with Gasteiger partial charge in [-0.25, -0.2) is 4.90 Å². The quantitative estimate of drug-likeness (QED) is 0.839. The van der Waals surface area contributed by atoms with Gasteiger partial charge in [-0.15, -0.1) is 0 Å². The van der Waals surface area contributed by atoms with Crippen molar-refractivity contribution in [1.82, 2.24) is 4.98 Å². The molecule has 2 N–H and O–H groups in total. The molecule has 0 spiro atoms. The fraction of sp³-hybridized carbons (Fsp3) is 0.133. The molecule has 0 atom stereocenters. The highest BCUT2D eigenvalue weighted by molar-refractivity contribution is 6.34. The molecule has 2 aromatic rings. The number of anilines is 1. The maximum absolute atomic E-state index is 12.4. The van der Waals surface area contributed by atoms with E-state index < -0.39 is 0 Å². The van der Waals surface area contributed by atoms with Gasteiger partial charge in [-0.1, -0.05) is 12.1 Å². The average Bonchev–Trinajstić information content (AvgIpc) is 2.72. The van der Waals surface area contributed by atoms with Crippen LogP contribution in [0.5, 0.6) is 0 Å². The minimum Gasteiger partial charge on any atom is -0.326 e. The molecule has 1 aliphatic rings. The van der Waals surface area contributed by atoms with E-state index >= 15 is 0 Å². The maximum atomic E-state index is 12.4. The molecule has 0 saturated carbocycles. The zero-order valence-corrected chi connectivity index (χ0v) is 11.0. The lowest BCUT2D eigenvalue weighted by Gasteiger charge is -2.17. The summed E-state index contributed by atoms with van der Waals surface area (Å²) in [5, 5.41) is 0. The van der Waals surface area contributed by atoms with E-state index in [1.54, 1.807) is 12.1 Å². The third-order valence-corrected chi connectivity index (χ3v) is 3.44.